The Kier molecular flexibility index (Phi) is 4.67. The van der Waals surface area contributed by atoms with Gasteiger partial charge in [0.25, 0.3) is 11.4 Å². The molecule has 1 saturated heterocycles. The molecule has 4 rings (SSSR count). The molecule has 0 N–H and O–H groups in total. The molecule has 134 valence electrons. The molecule has 0 atom stereocenters. The van der Waals surface area contributed by atoms with Crippen LogP contribution < -0.4 is 5.56 Å². The van der Waals surface area contributed by atoms with E-state index in [1.807, 2.05) is 36.5 Å². The number of hydrogen-bond acceptors (Lipinski definition) is 5. The van der Waals surface area contributed by atoms with Crippen molar-refractivity contribution in [1.82, 2.24) is 19.6 Å². The highest BCUT2D eigenvalue weighted by Gasteiger charge is 2.22. The molecule has 3 heterocycles. The van der Waals surface area contributed by atoms with Crippen LogP contribution in [0, 0.1) is 0 Å². The van der Waals surface area contributed by atoms with Crippen LogP contribution in [-0.2, 0) is 13.6 Å². The summed E-state index contributed by atoms with van der Waals surface area (Å²) in [5.74, 6) is 1.73. The third kappa shape index (κ3) is 3.60. The summed E-state index contributed by atoms with van der Waals surface area (Å²) in [6.07, 6.45) is 3.93. The van der Waals surface area contributed by atoms with Gasteiger partial charge in [-0.05, 0) is 55.6 Å². The minimum Gasteiger partial charge on any atom is -0.334 e. The Morgan fingerprint density at radius 1 is 1.15 bits per heavy atom. The van der Waals surface area contributed by atoms with Crippen molar-refractivity contribution in [3.05, 3.63) is 70.4 Å². The molecule has 1 aliphatic heterocycles. The average Bonchev–Trinajstić information content (AvgIpc) is 3.14. The standard InChI is InChI=1S/C20H22N4O2/c1-23-10-7-17(13-19(23)25)15-8-11-24(12-9-15)14-18-21-20(26-22-18)16-5-3-2-4-6-16/h2-7,10,13,15H,8-9,11-12,14H2,1H3. The summed E-state index contributed by atoms with van der Waals surface area (Å²) in [5, 5.41) is 4.11. The minimum absolute atomic E-state index is 0.0603. The third-order valence-corrected chi connectivity index (χ3v) is 5.04. The summed E-state index contributed by atoms with van der Waals surface area (Å²) in [6, 6.07) is 13.6. The molecule has 0 radical (unpaired) electrons. The van der Waals surface area contributed by atoms with Crippen molar-refractivity contribution in [2.24, 2.45) is 7.05 Å². The molecule has 2 aromatic heterocycles. The molecule has 3 aromatic rings. The zero-order chi connectivity index (χ0) is 17.9. The lowest BCUT2D eigenvalue weighted by molar-refractivity contribution is 0.198. The number of hydrogen-bond donors (Lipinski definition) is 0. The quantitative estimate of drug-likeness (QED) is 0.724. The van der Waals surface area contributed by atoms with Gasteiger partial charge in [-0.15, -0.1) is 0 Å². The van der Waals surface area contributed by atoms with E-state index in [2.05, 4.69) is 21.1 Å². The van der Waals surface area contributed by atoms with Gasteiger partial charge in [0, 0.05) is 24.9 Å². The van der Waals surface area contributed by atoms with Crippen LogP contribution in [0.1, 0.15) is 30.1 Å². The van der Waals surface area contributed by atoms with E-state index < -0.39 is 0 Å². The summed E-state index contributed by atoms with van der Waals surface area (Å²) < 4.78 is 6.99. The van der Waals surface area contributed by atoms with Crippen molar-refractivity contribution >= 4 is 0 Å². The molecule has 6 nitrogen and oxygen atoms in total. The normalized spacial score (nSPS) is 16.0. The number of nitrogens with zero attached hydrogens (tertiary/aromatic N) is 4. The van der Waals surface area contributed by atoms with E-state index in [0.29, 0.717) is 18.4 Å². The van der Waals surface area contributed by atoms with Gasteiger partial charge in [0.2, 0.25) is 0 Å². The summed E-state index contributed by atoms with van der Waals surface area (Å²) in [6.45, 7) is 2.63. The number of likely N-dealkylation sites (tertiary alicyclic amines) is 1. The van der Waals surface area contributed by atoms with Crippen molar-refractivity contribution in [2.45, 2.75) is 25.3 Å². The smallest absolute Gasteiger partial charge is 0.257 e. The molecular formula is C20H22N4O2. The molecule has 0 bridgehead atoms. The number of piperidine rings is 1. The van der Waals surface area contributed by atoms with Crippen molar-refractivity contribution in [3.8, 4) is 11.5 Å². The van der Waals surface area contributed by atoms with E-state index in [0.717, 1.165) is 42.9 Å². The topological polar surface area (TPSA) is 64.2 Å². The van der Waals surface area contributed by atoms with Gasteiger partial charge in [-0.25, -0.2) is 0 Å². The zero-order valence-corrected chi connectivity index (χ0v) is 14.8. The highest BCUT2D eigenvalue weighted by atomic mass is 16.5. The average molecular weight is 350 g/mol. The van der Waals surface area contributed by atoms with Crippen molar-refractivity contribution in [3.63, 3.8) is 0 Å². The lowest BCUT2D eigenvalue weighted by atomic mass is 9.90. The number of aryl methyl sites for hydroxylation is 1. The van der Waals surface area contributed by atoms with Gasteiger partial charge in [0.05, 0.1) is 6.54 Å². The molecule has 6 heteroatoms. The van der Waals surface area contributed by atoms with Gasteiger partial charge in [-0.1, -0.05) is 23.4 Å². The zero-order valence-electron chi connectivity index (χ0n) is 14.8. The first-order valence-electron chi connectivity index (χ1n) is 8.96. The molecule has 0 aliphatic carbocycles. The van der Waals surface area contributed by atoms with E-state index in [1.165, 1.54) is 0 Å². The van der Waals surface area contributed by atoms with Crippen LogP contribution in [0.2, 0.25) is 0 Å². The van der Waals surface area contributed by atoms with Crippen LogP contribution in [-0.4, -0.2) is 32.7 Å². The van der Waals surface area contributed by atoms with Crippen molar-refractivity contribution < 1.29 is 4.52 Å². The van der Waals surface area contributed by atoms with Gasteiger partial charge in [-0.3, -0.25) is 9.69 Å². The number of benzene rings is 1. The molecule has 1 aliphatic rings. The van der Waals surface area contributed by atoms with Crippen LogP contribution in [0.3, 0.4) is 0 Å². The summed E-state index contributed by atoms with van der Waals surface area (Å²) in [4.78, 5) is 18.7. The second-order valence-corrected chi connectivity index (χ2v) is 6.84. The second kappa shape index (κ2) is 7.25. The molecule has 1 aromatic carbocycles. The highest BCUT2D eigenvalue weighted by Crippen LogP contribution is 2.27. The van der Waals surface area contributed by atoms with E-state index in [9.17, 15) is 4.79 Å². The van der Waals surface area contributed by atoms with Crippen molar-refractivity contribution in [2.75, 3.05) is 13.1 Å². The van der Waals surface area contributed by atoms with E-state index in [-0.39, 0.29) is 5.56 Å². The van der Waals surface area contributed by atoms with E-state index >= 15 is 0 Å². The van der Waals surface area contributed by atoms with E-state index in [1.54, 1.807) is 17.7 Å². The maximum atomic E-state index is 11.8. The Morgan fingerprint density at radius 2 is 1.92 bits per heavy atom. The van der Waals surface area contributed by atoms with Gasteiger partial charge < -0.3 is 9.09 Å². The van der Waals surface area contributed by atoms with Crippen molar-refractivity contribution in [1.29, 1.82) is 0 Å². The van der Waals surface area contributed by atoms with Crippen LogP contribution in [0.5, 0.6) is 0 Å². The van der Waals surface area contributed by atoms with E-state index in [4.69, 9.17) is 4.52 Å². The first-order chi connectivity index (χ1) is 12.7. The first-order valence-corrected chi connectivity index (χ1v) is 8.96. The summed E-state index contributed by atoms with van der Waals surface area (Å²) in [5.41, 5.74) is 2.15. The highest BCUT2D eigenvalue weighted by molar-refractivity contribution is 5.51. The lowest BCUT2D eigenvalue weighted by Crippen LogP contribution is -2.33. The Balaban J connectivity index is 1.36. The third-order valence-electron chi connectivity index (χ3n) is 5.04. The molecular weight excluding hydrogens is 328 g/mol. The number of rotatable bonds is 4. The Morgan fingerprint density at radius 3 is 2.65 bits per heavy atom. The number of aromatic nitrogens is 3. The van der Waals surface area contributed by atoms with Crippen LogP contribution in [0.25, 0.3) is 11.5 Å². The monoisotopic (exact) mass is 350 g/mol. The first kappa shape index (κ1) is 16.7. The molecule has 0 amide bonds. The fraction of sp³-hybridized carbons (Fsp3) is 0.350. The minimum atomic E-state index is 0.0603. The van der Waals surface area contributed by atoms with Gasteiger partial charge in [-0.2, -0.15) is 4.98 Å². The second-order valence-electron chi connectivity index (χ2n) is 6.84. The maximum absolute atomic E-state index is 11.8. The predicted octanol–water partition coefficient (Wildman–Crippen LogP) is 2.81. The number of pyridine rings is 1. The van der Waals surface area contributed by atoms with Gasteiger partial charge in [0.1, 0.15) is 0 Å². The summed E-state index contributed by atoms with van der Waals surface area (Å²) in [7, 11) is 1.78. The van der Waals surface area contributed by atoms with Gasteiger partial charge in [0.15, 0.2) is 5.82 Å². The lowest BCUT2D eigenvalue weighted by Gasteiger charge is -2.31. The molecule has 0 unspecified atom stereocenters. The molecule has 26 heavy (non-hydrogen) atoms. The molecule has 0 saturated carbocycles. The van der Waals surface area contributed by atoms with Crippen LogP contribution in [0.15, 0.2) is 58.0 Å². The SMILES string of the molecule is Cn1ccc(C2CCN(Cc3noc(-c4ccccc4)n3)CC2)cc1=O. The predicted molar refractivity (Wildman–Crippen MR) is 98.7 cm³/mol. The Bertz CT molecular complexity index is 924. The fourth-order valence-corrected chi connectivity index (χ4v) is 3.46. The Labute approximate surface area is 152 Å². The van der Waals surface area contributed by atoms with Crippen LogP contribution >= 0.6 is 0 Å². The fourth-order valence-electron chi connectivity index (χ4n) is 3.46. The maximum Gasteiger partial charge on any atom is 0.257 e. The molecule has 1 fully saturated rings. The largest absolute Gasteiger partial charge is 0.334 e. The Hall–Kier alpha value is -2.73. The summed E-state index contributed by atoms with van der Waals surface area (Å²) >= 11 is 0. The molecule has 0 spiro atoms. The van der Waals surface area contributed by atoms with Crippen LogP contribution in [0.4, 0.5) is 0 Å². The van der Waals surface area contributed by atoms with Gasteiger partial charge >= 0.3 is 0 Å².